The number of rotatable bonds is 9. The van der Waals surface area contributed by atoms with Crippen LogP contribution >= 0.6 is 0 Å². The highest BCUT2D eigenvalue weighted by atomic mass is 19.4. The number of hydrogen-bond acceptors (Lipinski definition) is 5. The first-order valence-electron chi connectivity index (χ1n) is 12.8. The van der Waals surface area contributed by atoms with Crippen molar-refractivity contribution in [3.05, 3.63) is 83.4 Å². The van der Waals surface area contributed by atoms with Crippen LogP contribution in [0.1, 0.15) is 34.3 Å². The average Bonchev–Trinajstić information content (AvgIpc) is 3.34. The average molecular weight is 590 g/mol. The molecule has 0 radical (unpaired) electrons. The topological polar surface area (TPSA) is 117 Å². The number of carboxylic acids is 1. The maximum absolute atomic E-state index is 15.8. The van der Waals surface area contributed by atoms with Crippen molar-refractivity contribution < 1.29 is 46.5 Å². The summed E-state index contributed by atoms with van der Waals surface area (Å²) in [5, 5.41) is 13.6. The molecule has 9 nitrogen and oxygen atoms in total. The molecule has 0 saturated carbocycles. The van der Waals surface area contributed by atoms with Crippen LogP contribution in [0.5, 0.6) is 11.5 Å². The fourth-order valence-electron chi connectivity index (χ4n) is 4.56. The van der Waals surface area contributed by atoms with Crippen LogP contribution in [0.3, 0.4) is 0 Å². The molecule has 3 amide bonds. The Morgan fingerprint density at radius 3 is 2.36 bits per heavy atom. The van der Waals surface area contributed by atoms with Crippen LogP contribution in [0.4, 0.5) is 33.7 Å². The van der Waals surface area contributed by atoms with Gasteiger partial charge >= 0.3 is 18.2 Å². The second-order valence-electron chi connectivity index (χ2n) is 9.52. The molecule has 0 bridgehead atoms. The smallest absolute Gasteiger partial charge is 0.418 e. The number of carbonyl (C=O) groups is 3. The van der Waals surface area contributed by atoms with E-state index in [2.05, 4.69) is 10.6 Å². The maximum Gasteiger partial charge on any atom is 0.418 e. The minimum Gasteiger partial charge on any atom is -0.495 e. The monoisotopic (exact) mass is 589 g/mol. The summed E-state index contributed by atoms with van der Waals surface area (Å²) < 4.78 is 66.3. The molecule has 222 valence electrons. The molecule has 1 saturated heterocycles. The van der Waals surface area contributed by atoms with Gasteiger partial charge in [-0.3, -0.25) is 4.79 Å². The standard InChI is InChI=1S/C29H27F4N3O6/c1-41-24-15-18(7-12-23(24)35-27(40)34-22-6-3-2-5-21(22)29(31,32)33)16-25(37)36-14-4-13-28(36,30)17-42-20-10-8-19(9-11-20)26(38)39/h2-3,5-12,15H,4,13-14,16-17H2,1H3,(H,38,39)(H2,34,35,40)/t28-/m1/s1. The Morgan fingerprint density at radius 1 is 1.00 bits per heavy atom. The number of amides is 3. The van der Waals surface area contributed by atoms with E-state index in [9.17, 15) is 27.6 Å². The molecular weight excluding hydrogens is 562 g/mol. The van der Waals surface area contributed by atoms with Gasteiger partial charge in [-0.2, -0.15) is 13.2 Å². The number of alkyl halides is 4. The van der Waals surface area contributed by atoms with E-state index < -0.39 is 47.7 Å². The van der Waals surface area contributed by atoms with E-state index in [1.165, 1.54) is 61.7 Å². The van der Waals surface area contributed by atoms with Crippen molar-refractivity contribution in [2.45, 2.75) is 31.2 Å². The van der Waals surface area contributed by atoms with Crippen LogP contribution in [0, 0.1) is 0 Å². The van der Waals surface area contributed by atoms with Crippen LogP contribution in [-0.2, 0) is 17.4 Å². The van der Waals surface area contributed by atoms with Crippen molar-refractivity contribution in [3.63, 3.8) is 0 Å². The zero-order chi connectivity index (χ0) is 30.5. The van der Waals surface area contributed by atoms with Crippen molar-refractivity contribution in [1.82, 2.24) is 4.90 Å². The van der Waals surface area contributed by atoms with Crippen molar-refractivity contribution in [2.75, 3.05) is 30.9 Å². The predicted octanol–water partition coefficient (Wildman–Crippen LogP) is 5.97. The number of likely N-dealkylation sites (tertiary alicyclic amines) is 1. The van der Waals surface area contributed by atoms with Gasteiger partial charge in [0.05, 0.1) is 36.0 Å². The van der Waals surface area contributed by atoms with E-state index in [4.69, 9.17) is 14.6 Å². The fraction of sp³-hybridized carbons (Fsp3) is 0.276. The van der Waals surface area contributed by atoms with E-state index >= 15 is 4.39 Å². The predicted molar refractivity (Wildman–Crippen MR) is 144 cm³/mol. The van der Waals surface area contributed by atoms with Gasteiger partial charge in [-0.25, -0.2) is 14.0 Å². The number of urea groups is 1. The lowest BCUT2D eigenvalue weighted by Gasteiger charge is -2.31. The number of benzene rings is 3. The summed E-state index contributed by atoms with van der Waals surface area (Å²) in [7, 11) is 1.32. The van der Waals surface area contributed by atoms with E-state index in [1.54, 1.807) is 0 Å². The van der Waals surface area contributed by atoms with Gasteiger partial charge in [-0.15, -0.1) is 0 Å². The number of nitrogens with zero attached hydrogens (tertiary/aromatic N) is 1. The second kappa shape index (κ2) is 12.4. The molecule has 3 aromatic carbocycles. The van der Waals surface area contributed by atoms with Gasteiger partial charge in [-0.1, -0.05) is 18.2 Å². The van der Waals surface area contributed by atoms with Gasteiger partial charge in [-0.05, 0) is 60.5 Å². The molecule has 1 heterocycles. The van der Waals surface area contributed by atoms with Crippen LogP contribution in [-0.4, -0.2) is 54.0 Å². The van der Waals surface area contributed by atoms with Crippen molar-refractivity contribution in [3.8, 4) is 11.5 Å². The molecule has 42 heavy (non-hydrogen) atoms. The van der Waals surface area contributed by atoms with Crippen LogP contribution in [0.2, 0.25) is 0 Å². The highest BCUT2D eigenvalue weighted by Gasteiger charge is 2.45. The Balaban J connectivity index is 1.39. The van der Waals surface area contributed by atoms with Gasteiger partial charge in [0.15, 0.2) is 0 Å². The van der Waals surface area contributed by atoms with Crippen molar-refractivity contribution >= 4 is 29.3 Å². The third-order valence-electron chi connectivity index (χ3n) is 6.64. The van der Waals surface area contributed by atoms with Crippen molar-refractivity contribution in [1.29, 1.82) is 0 Å². The largest absolute Gasteiger partial charge is 0.495 e. The lowest BCUT2D eigenvalue weighted by atomic mass is 10.1. The minimum atomic E-state index is -4.66. The summed E-state index contributed by atoms with van der Waals surface area (Å²) >= 11 is 0. The molecule has 3 N–H and O–H groups in total. The normalized spacial score (nSPS) is 16.5. The molecule has 3 aromatic rings. The number of carbonyl (C=O) groups excluding carboxylic acids is 2. The summed E-state index contributed by atoms with van der Waals surface area (Å²) in [6.07, 6.45) is -4.38. The molecule has 1 aliphatic heterocycles. The van der Waals surface area contributed by atoms with Gasteiger partial charge in [0.1, 0.15) is 18.1 Å². The number of methoxy groups -OCH3 is 1. The lowest BCUT2D eigenvalue weighted by molar-refractivity contribution is -0.144. The summed E-state index contributed by atoms with van der Waals surface area (Å²) in [5.74, 6) is -3.29. The molecule has 4 rings (SSSR count). The van der Waals surface area contributed by atoms with Gasteiger partial charge in [0.2, 0.25) is 11.7 Å². The van der Waals surface area contributed by atoms with Crippen molar-refractivity contribution in [2.24, 2.45) is 0 Å². The number of anilines is 2. The molecule has 0 unspecified atom stereocenters. The van der Waals surface area contributed by atoms with Gasteiger partial charge in [0.25, 0.3) is 0 Å². The third kappa shape index (κ3) is 7.09. The number of hydrogen-bond donors (Lipinski definition) is 3. The summed E-state index contributed by atoms with van der Waals surface area (Å²) in [6.45, 7) is -0.267. The van der Waals surface area contributed by atoms with Gasteiger partial charge < -0.3 is 30.1 Å². The Kier molecular flexibility index (Phi) is 8.88. The molecule has 1 atom stereocenters. The highest BCUT2D eigenvalue weighted by Crippen LogP contribution is 2.35. The van der Waals surface area contributed by atoms with Crippen LogP contribution < -0.4 is 20.1 Å². The van der Waals surface area contributed by atoms with E-state index in [0.29, 0.717) is 12.0 Å². The SMILES string of the molecule is COc1cc(CC(=O)N2CCC[C@]2(F)COc2ccc(C(=O)O)cc2)ccc1NC(=O)Nc1ccccc1C(F)(F)F. The number of carboxylic acid groups (broad SMARTS) is 1. The summed E-state index contributed by atoms with van der Waals surface area (Å²) in [4.78, 5) is 37.7. The fourth-order valence-corrected chi connectivity index (χ4v) is 4.56. The van der Waals surface area contributed by atoms with Crippen LogP contribution in [0.25, 0.3) is 0 Å². The number of ether oxygens (including phenoxy) is 2. The Labute approximate surface area is 238 Å². The molecule has 13 heteroatoms. The number of nitrogens with one attached hydrogen (secondary N) is 2. The van der Waals surface area contributed by atoms with E-state index in [0.717, 1.165) is 17.0 Å². The summed E-state index contributed by atoms with van der Waals surface area (Å²) in [5.41, 5.74) is -0.790. The molecule has 0 aliphatic carbocycles. The molecule has 1 aliphatic rings. The number of aromatic carboxylic acids is 1. The molecule has 1 fully saturated rings. The van der Waals surface area contributed by atoms with E-state index in [-0.39, 0.29) is 42.1 Å². The molecule has 0 aromatic heterocycles. The number of para-hydroxylation sites is 1. The zero-order valence-electron chi connectivity index (χ0n) is 22.3. The van der Waals surface area contributed by atoms with E-state index in [1.807, 2.05) is 0 Å². The maximum atomic E-state index is 15.8. The lowest BCUT2D eigenvalue weighted by Crippen LogP contribution is -2.48. The Bertz CT molecular complexity index is 1460. The first-order valence-corrected chi connectivity index (χ1v) is 12.8. The third-order valence-corrected chi connectivity index (χ3v) is 6.64. The Morgan fingerprint density at radius 2 is 1.69 bits per heavy atom. The molecular formula is C29H27F4N3O6. The minimum absolute atomic E-state index is 0.0547. The first-order chi connectivity index (χ1) is 19.9. The molecule has 0 spiro atoms. The second-order valence-corrected chi connectivity index (χ2v) is 9.52. The number of halogens is 4. The first kappa shape index (κ1) is 30.2. The van der Waals surface area contributed by atoms with Crippen LogP contribution in [0.15, 0.2) is 66.7 Å². The summed E-state index contributed by atoms with van der Waals surface area (Å²) in [6, 6.07) is 13.5. The van der Waals surface area contributed by atoms with Gasteiger partial charge in [0, 0.05) is 13.0 Å². The Hall–Kier alpha value is -4.81. The quantitative estimate of drug-likeness (QED) is 0.209. The highest BCUT2D eigenvalue weighted by molar-refractivity contribution is 6.01. The zero-order valence-corrected chi connectivity index (χ0v) is 22.3.